The van der Waals surface area contributed by atoms with Crippen LogP contribution in [0.4, 0.5) is 0 Å². The predicted octanol–water partition coefficient (Wildman–Crippen LogP) is 2.78. The Kier molecular flexibility index (Phi) is 3.76. The topological polar surface area (TPSA) is 47.9 Å². The molecule has 4 nitrogen and oxygen atoms in total. The Bertz CT molecular complexity index is 496. The van der Waals surface area contributed by atoms with E-state index in [2.05, 4.69) is 15.0 Å². The lowest BCUT2D eigenvalue weighted by atomic mass is 10.1. The number of methoxy groups -OCH3 is 1. The lowest BCUT2D eigenvalue weighted by Crippen LogP contribution is -1.99. The second kappa shape index (κ2) is 5.29. The Hall–Kier alpha value is -1.39. The van der Waals surface area contributed by atoms with Crippen LogP contribution in [0, 0.1) is 0 Å². The third kappa shape index (κ3) is 3.28. The fraction of sp³-hybridized carbons (Fsp3) is 0.182. The molecule has 0 aliphatic heterocycles. The van der Waals surface area contributed by atoms with Crippen molar-refractivity contribution in [2.24, 2.45) is 0 Å². The van der Waals surface area contributed by atoms with Gasteiger partial charge in [0.15, 0.2) is 0 Å². The molecule has 0 radical (unpaired) electrons. The summed E-state index contributed by atoms with van der Waals surface area (Å²) in [7, 11) is 1.63. The van der Waals surface area contributed by atoms with Crippen molar-refractivity contribution in [3.63, 3.8) is 0 Å². The highest BCUT2D eigenvalue weighted by Crippen LogP contribution is 2.14. The molecule has 2 aromatic rings. The summed E-state index contributed by atoms with van der Waals surface area (Å²) in [5, 5.41) is 0.210. The summed E-state index contributed by atoms with van der Waals surface area (Å²) in [4.78, 5) is 11.7. The van der Waals surface area contributed by atoms with Crippen LogP contribution >= 0.6 is 23.2 Å². The van der Waals surface area contributed by atoms with Crippen molar-refractivity contribution in [3.8, 4) is 5.75 Å². The fourth-order valence-corrected chi connectivity index (χ4v) is 1.77. The van der Waals surface area contributed by atoms with E-state index in [1.165, 1.54) is 0 Å². The van der Waals surface area contributed by atoms with Gasteiger partial charge in [-0.2, -0.15) is 4.98 Å². The Morgan fingerprint density at radius 3 is 2.12 bits per heavy atom. The zero-order valence-corrected chi connectivity index (χ0v) is 10.5. The first-order valence-corrected chi connectivity index (χ1v) is 5.62. The van der Waals surface area contributed by atoms with Gasteiger partial charge in [-0.15, -0.1) is 0 Å². The van der Waals surface area contributed by atoms with Gasteiger partial charge < -0.3 is 4.74 Å². The van der Waals surface area contributed by atoms with Gasteiger partial charge in [0.05, 0.1) is 7.11 Å². The zero-order chi connectivity index (χ0) is 12.3. The van der Waals surface area contributed by atoms with Gasteiger partial charge in [0.2, 0.25) is 10.6 Å². The lowest BCUT2D eigenvalue weighted by Gasteiger charge is -2.03. The summed E-state index contributed by atoms with van der Waals surface area (Å²) < 4.78 is 5.07. The van der Waals surface area contributed by atoms with Crippen molar-refractivity contribution in [1.29, 1.82) is 0 Å². The molecule has 0 aliphatic carbocycles. The highest BCUT2D eigenvalue weighted by Gasteiger charge is 2.04. The summed E-state index contributed by atoms with van der Waals surface area (Å²) in [5.41, 5.74) is 1.05. The average molecular weight is 270 g/mol. The molecule has 2 rings (SSSR count). The fourth-order valence-electron chi connectivity index (χ4n) is 1.37. The number of hydrogen-bond acceptors (Lipinski definition) is 4. The summed E-state index contributed by atoms with van der Waals surface area (Å²) >= 11 is 11.4. The molecular weight excluding hydrogens is 261 g/mol. The Balaban J connectivity index is 2.19. The van der Waals surface area contributed by atoms with E-state index >= 15 is 0 Å². The van der Waals surface area contributed by atoms with Crippen LogP contribution in [-0.4, -0.2) is 22.1 Å². The van der Waals surface area contributed by atoms with Gasteiger partial charge in [-0.1, -0.05) is 12.1 Å². The van der Waals surface area contributed by atoms with Crippen molar-refractivity contribution in [3.05, 3.63) is 46.2 Å². The Labute approximate surface area is 109 Å². The van der Waals surface area contributed by atoms with E-state index in [0.717, 1.165) is 11.3 Å². The van der Waals surface area contributed by atoms with E-state index in [-0.39, 0.29) is 10.6 Å². The highest BCUT2D eigenvalue weighted by atomic mass is 35.5. The second-order valence-corrected chi connectivity index (χ2v) is 3.99. The summed E-state index contributed by atoms with van der Waals surface area (Å²) in [6.45, 7) is 0. The summed E-state index contributed by atoms with van der Waals surface area (Å²) in [6.07, 6.45) is 0.548. The number of ether oxygens (including phenoxy) is 1. The molecule has 0 amide bonds. The van der Waals surface area contributed by atoms with Crippen LogP contribution in [0.25, 0.3) is 0 Å². The molecule has 0 N–H and O–H groups in total. The van der Waals surface area contributed by atoms with E-state index in [1.54, 1.807) is 7.11 Å². The quantitative estimate of drug-likeness (QED) is 0.860. The van der Waals surface area contributed by atoms with Crippen molar-refractivity contribution in [2.75, 3.05) is 7.11 Å². The number of hydrogen-bond donors (Lipinski definition) is 0. The molecule has 0 unspecified atom stereocenters. The van der Waals surface area contributed by atoms with Crippen molar-refractivity contribution >= 4 is 23.2 Å². The molecule has 0 saturated carbocycles. The van der Waals surface area contributed by atoms with Gasteiger partial charge >= 0.3 is 0 Å². The maximum atomic E-state index is 5.70. The molecule has 0 spiro atoms. The minimum atomic E-state index is 0.105. The number of aromatic nitrogens is 3. The standard InChI is InChI=1S/C11H9Cl2N3O/c1-17-8-4-2-7(3-5-8)6-9-14-10(12)16-11(13)15-9/h2-5H,6H2,1H3. The molecule has 0 bridgehead atoms. The normalized spacial score (nSPS) is 10.3. The molecule has 88 valence electrons. The zero-order valence-electron chi connectivity index (χ0n) is 9.02. The Morgan fingerprint density at radius 1 is 1.00 bits per heavy atom. The Morgan fingerprint density at radius 2 is 1.59 bits per heavy atom. The van der Waals surface area contributed by atoms with Crippen molar-refractivity contribution in [2.45, 2.75) is 6.42 Å². The molecule has 0 saturated heterocycles. The van der Waals surface area contributed by atoms with Gasteiger partial charge in [-0.3, -0.25) is 0 Å². The minimum absolute atomic E-state index is 0.105. The molecule has 0 atom stereocenters. The summed E-state index contributed by atoms with van der Waals surface area (Å²) in [5.74, 6) is 1.35. The number of halogens is 2. The molecule has 0 aliphatic rings. The minimum Gasteiger partial charge on any atom is -0.497 e. The maximum absolute atomic E-state index is 5.70. The summed E-state index contributed by atoms with van der Waals surface area (Å²) in [6, 6.07) is 7.62. The van der Waals surface area contributed by atoms with Crippen LogP contribution in [0.5, 0.6) is 5.75 Å². The number of benzene rings is 1. The third-order valence-electron chi connectivity index (χ3n) is 2.15. The maximum Gasteiger partial charge on any atom is 0.226 e. The van der Waals surface area contributed by atoms with E-state index in [1.807, 2.05) is 24.3 Å². The molecule has 1 aromatic heterocycles. The first kappa shape index (κ1) is 12.1. The van der Waals surface area contributed by atoms with Gasteiger partial charge in [0.25, 0.3) is 0 Å². The monoisotopic (exact) mass is 269 g/mol. The smallest absolute Gasteiger partial charge is 0.226 e. The van der Waals surface area contributed by atoms with Gasteiger partial charge in [0, 0.05) is 6.42 Å². The molecular formula is C11H9Cl2N3O. The van der Waals surface area contributed by atoms with Crippen LogP contribution < -0.4 is 4.74 Å². The molecule has 6 heteroatoms. The molecule has 17 heavy (non-hydrogen) atoms. The van der Waals surface area contributed by atoms with Gasteiger partial charge in [-0.25, -0.2) is 9.97 Å². The van der Waals surface area contributed by atoms with E-state index in [4.69, 9.17) is 27.9 Å². The van der Waals surface area contributed by atoms with Crippen molar-refractivity contribution < 1.29 is 4.74 Å². The van der Waals surface area contributed by atoms with Crippen LogP contribution in [0.3, 0.4) is 0 Å². The van der Waals surface area contributed by atoms with E-state index in [0.29, 0.717) is 12.2 Å². The van der Waals surface area contributed by atoms with Gasteiger partial charge in [-0.05, 0) is 40.9 Å². The predicted molar refractivity (Wildman–Crippen MR) is 65.6 cm³/mol. The van der Waals surface area contributed by atoms with Crippen LogP contribution in [-0.2, 0) is 6.42 Å². The molecule has 1 aromatic carbocycles. The van der Waals surface area contributed by atoms with Crippen molar-refractivity contribution in [1.82, 2.24) is 15.0 Å². The average Bonchev–Trinajstić information content (AvgIpc) is 2.28. The van der Waals surface area contributed by atoms with Gasteiger partial charge in [0.1, 0.15) is 11.6 Å². The number of rotatable bonds is 3. The molecule has 1 heterocycles. The first-order chi connectivity index (χ1) is 8.17. The van der Waals surface area contributed by atoms with Crippen LogP contribution in [0.1, 0.15) is 11.4 Å². The lowest BCUT2D eigenvalue weighted by molar-refractivity contribution is 0.414. The SMILES string of the molecule is COc1ccc(Cc2nc(Cl)nc(Cl)n2)cc1. The largest absolute Gasteiger partial charge is 0.497 e. The van der Waals surface area contributed by atoms with Crippen LogP contribution in [0.15, 0.2) is 24.3 Å². The highest BCUT2D eigenvalue weighted by molar-refractivity contribution is 6.30. The first-order valence-electron chi connectivity index (χ1n) is 4.86. The van der Waals surface area contributed by atoms with E-state index in [9.17, 15) is 0 Å². The third-order valence-corrected chi connectivity index (χ3v) is 2.49. The number of nitrogens with zero attached hydrogens (tertiary/aromatic N) is 3. The molecule has 0 fully saturated rings. The van der Waals surface area contributed by atoms with Crippen LogP contribution in [0.2, 0.25) is 10.6 Å². The van der Waals surface area contributed by atoms with E-state index < -0.39 is 0 Å². The second-order valence-electron chi connectivity index (χ2n) is 3.31.